The van der Waals surface area contributed by atoms with E-state index in [2.05, 4.69) is 0 Å². The van der Waals surface area contributed by atoms with Gasteiger partial charge in [0, 0.05) is 0 Å². The molecule has 0 bridgehead atoms. The lowest BCUT2D eigenvalue weighted by Crippen LogP contribution is -1.94. The zero-order valence-electron chi connectivity index (χ0n) is 10.5. The van der Waals surface area contributed by atoms with Gasteiger partial charge < -0.3 is 9.84 Å². The number of carbonyl (C=O) groups is 2. The monoisotopic (exact) mass is 268 g/mol. The number of carboxylic acids is 1. The van der Waals surface area contributed by atoms with E-state index in [0.717, 1.165) is 11.1 Å². The summed E-state index contributed by atoms with van der Waals surface area (Å²) >= 11 is 0. The average molecular weight is 268 g/mol. The van der Waals surface area contributed by atoms with Crippen molar-refractivity contribution in [3.05, 3.63) is 65.2 Å². The first-order valence-corrected chi connectivity index (χ1v) is 5.91. The van der Waals surface area contributed by atoms with E-state index < -0.39 is 5.97 Å². The van der Waals surface area contributed by atoms with Crippen molar-refractivity contribution < 1.29 is 19.4 Å². The van der Waals surface area contributed by atoms with Gasteiger partial charge in [0.2, 0.25) is 0 Å². The molecule has 0 atom stereocenters. The molecule has 0 saturated heterocycles. The van der Waals surface area contributed by atoms with Gasteiger partial charge in [-0.25, -0.2) is 4.79 Å². The molecule has 0 aliphatic rings. The standard InChI is InChI=1S/C16H12O4/c17-11-20-15-9-5-13(6-10-15)2-1-12-3-7-14(8-4-12)16(18)19/h1-11H,(H,18,19)/b2-1+. The zero-order valence-corrected chi connectivity index (χ0v) is 10.5. The molecule has 4 nitrogen and oxygen atoms in total. The van der Waals surface area contributed by atoms with Crippen LogP contribution in [0.2, 0.25) is 0 Å². The minimum atomic E-state index is -0.939. The van der Waals surface area contributed by atoms with Crippen LogP contribution >= 0.6 is 0 Å². The van der Waals surface area contributed by atoms with Gasteiger partial charge in [0.1, 0.15) is 5.75 Å². The molecule has 0 spiro atoms. The van der Waals surface area contributed by atoms with Gasteiger partial charge >= 0.3 is 5.97 Å². The van der Waals surface area contributed by atoms with Crippen LogP contribution in [0.3, 0.4) is 0 Å². The Bertz CT molecular complexity index is 625. The van der Waals surface area contributed by atoms with E-state index >= 15 is 0 Å². The van der Waals surface area contributed by atoms with Gasteiger partial charge in [-0.1, -0.05) is 36.4 Å². The molecule has 0 heterocycles. The molecule has 0 radical (unpaired) electrons. The second-order valence-electron chi connectivity index (χ2n) is 4.04. The molecule has 0 saturated carbocycles. The zero-order chi connectivity index (χ0) is 14.4. The fraction of sp³-hybridized carbons (Fsp3) is 0. The Morgan fingerprint density at radius 2 is 1.40 bits per heavy atom. The Kier molecular flexibility index (Phi) is 4.29. The Labute approximate surface area is 115 Å². The molecule has 1 N–H and O–H groups in total. The molecule has 100 valence electrons. The minimum Gasteiger partial charge on any atom is -0.478 e. The van der Waals surface area contributed by atoms with Crippen molar-refractivity contribution in [1.82, 2.24) is 0 Å². The maximum absolute atomic E-state index is 10.7. The number of aromatic carboxylic acids is 1. The van der Waals surface area contributed by atoms with Crippen LogP contribution in [0.5, 0.6) is 5.75 Å². The van der Waals surface area contributed by atoms with Crippen LogP contribution in [0, 0.1) is 0 Å². The van der Waals surface area contributed by atoms with Crippen molar-refractivity contribution in [1.29, 1.82) is 0 Å². The summed E-state index contributed by atoms with van der Waals surface area (Å²) in [5, 5.41) is 8.80. The predicted molar refractivity (Wildman–Crippen MR) is 75.5 cm³/mol. The normalized spacial score (nSPS) is 10.4. The quantitative estimate of drug-likeness (QED) is 0.668. The molecule has 0 aliphatic carbocycles. The fourth-order valence-electron chi connectivity index (χ4n) is 1.64. The smallest absolute Gasteiger partial charge is 0.335 e. The molecule has 0 aliphatic heterocycles. The van der Waals surface area contributed by atoms with Crippen molar-refractivity contribution in [3.8, 4) is 5.75 Å². The van der Waals surface area contributed by atoms with E-state index in [4.69, 9.17) is 9.84 Å². The van der Waals surface area contributed by atoms with Crippen molar-refractivity contribution in [3.63, 3.8) is 0 Å². The summed E-state index contributed by atoms with van der Waals surface area (Å²) in [7, 11) is 0. The molecule has 0 aromatic heterocycles. The highest BCUT2D eigenvalue weighted by Gasteiger charge is 2.00. The van der Waals surface area contributed by atoms with Crippen LogP contribution in [0.25, 0.3) is 12.2 Å². The van der Waals surface area contributed by atoms with Crippen molar-refractivity contribution in [2.45, 2.75) is 0 Å². The summed E-state index contributed by atoms with van der Waals surface area (Å²) in [5.74, 6) is -0.450. The van der Waals surface area contributed by atoms with Gasteiger partial charge in [-0.2, -0.15) is 0 Å². The Morgan fingerprint density at radius 3 is 1.85 bits per heavy atom. The van der Waals surface area contributed by atoms with E-state index in [1.807, 2.05) is 24.3 Å². The third-order valence-electron chi connectivity index (χ3n) is 2.69. The fourth-order valence-corrected chi connectivity index (χ4v) is 1.64. The van der Waals surface area contributed by atoms with E-state index in [9.17, 15) is 9.59 Å². The van der Waals surface area contributed by atoms with E-state index in [-0.39, 0.29) is 5.56 Å². The summed E-state index contributed by atoms with van der Waals surface area (Å²) in [6.07, 6.45) is 3.77. The first-order chi connectivity index (χ1) is 9.69. The number of hydrogen-bond donors (Lipinski definition) is 1. The molecule has 0 fully saturated rings. The number of hydrogen-bond acceptors (Lipinski definition) is 3. The molecule has 2 rings (SSSR count). The second kappa shape index (κ2) is 6.33. The van der Waals surface area contributed by atoms with Crippen LogP contribution in [-0.4, -0.2) is 17.5 Å². The highest BCUT2D eigenvalue weighted by molar-refractivity contribution is 5.88. The van der Waals surface area contributed by atoms with Gasteiger partial charge in [0.15, 0.2) is 0 Å². The van der Waals surface area contributed by atoms with Gasteiger partial charge in [0.25, 0.3) is 6.47 Å². The Morgan fingerprint density at radius 1 is 0.900 bits per heavy atom. The lowest BCUT2D eigenvalue weighted by Gasteiger charge is -1.98. The maximum atomic E-state index is 10.7. The third kappa shape index (κ3) is 3.55. The second-order valence-corrected chi connectivity index (χ2v) is 4.04. The lowest BCUT2D eigenvalue weighted by atomic mass is 10.1. The van der Waals surface area contributed by atoms with Crippen LogP contribution in [-0.2, 0) is 4.79 Å². The first kappa shape index (κ1) is 13.5. The molecule has 0 amide bonds. The summed E-state index contributed by atoms with van der Waals surface area (Å²) < 4.78 is 4.70. The lowest BCUT2D eigenvalue weighted by molar-refractivity contribution is -0.120. The highest BCUT2D eigenvalue weighted by atomic mass is 16.5. The van der Waals surface area contributed by atoms with Crippen molar-refractivity contribution in [2.24, 2.45) is 0 Å². The summed E-state index contributed by atoms with van der Waals surface area (Å²) in [6, 6.07) is 13.6. The Hall–Kier alpha value is -2.88. The molecule has 2 aromatic rings. The highest BCUT2D eigenvalue weighted by Crippen LogP contribution is 2.14. The SMILES string of the molecule is O=COc1ccc(/C=C/c2ccc(C(=O)O)cc2)cc1. The van der Waals surface area contributed by atoms with Crippen LogP contribution in [0.4, 0.5) is 0 Å². The van der Waals surface area contributed by atoms with E-state index in [1.54, 1.807) is 36.4 Å². The van der Waals surface area contributed by atoms with Crippen LogP contribution in [0.15, 0.2) is 48.5 Å². The number of carboxylic acid groups (broad SMARTS) is 1. The first-order valence-electron chi connectivity index (χ1n) is 5.91. The topological polar surface area (TPSA) is 63.6 Å². The summed E-state index contributed by atoms with van der Waals surface area (Å²) in [6.45, 7) is 0.384. The number of rotatable bonds is 5. The molecular weight excluding hydrogens is 256 g/mol. The van der Waals surface area contributed by atoms with Crippen molar-refractivity contribution >= 4 is 24.6 Å². The average Bonchev–Trinajstić information content (AvgIpc) is 2.47. The van der Waals surface area contributed by atoms with E-state index in [0.29, 0.717) is 12.2 Å². The van der Waals surface area contributed by atoms with Crippen LogP contribution in [0.1, 0.15) is 21.5 Å². The Balaban J connectivity index is 2.08. The summed E-state index contributed by atoms with van der Waals surface area (Å²) in [4.78, 5) is 20.9. The number of carbonyl (C=O) groups excluding carboxylic acids is 1. The van der Waals surface area contributed by atoms with Gasteiger partial charge in [-0.05, 0) is 35.4 Å². The summed E-state index contributed by atoms with van der Waals surface area (Å²) in [5.41, 5.74) is 2.12. The molecule has 0 unspecified atom stereocenters. The van der Waals surface area contributed by atoms with Crippen LogP contribution < -0.4 is 4.74 Å². The number of benzene rings is 2. The van der Waals surface area contributed by atoms with Crippen molar-refractivity contribution in [2.75, 3.05) is 0 Å². The van der Waals surface area contributed by atoms with Gasteiger partial charge in [-0.15, -0.1) is 0 Å². The molecule has 20 heavy (non-hydrogen) atoms. The number of ether oxygens (including phenoxy) is 1. The molecule has 2 aromatic carbocycles. The van der Waals surface area contributed by atoms with Gasteiger partial charge in [0.05, 0.1) is 5.56 Å². The maximum Gasteiger partial charge on any atom is 0.335 e. The van der Waals surface area contributed by atoms with Gasteiger partial charge in [-0.3, -0.25) is 4.79 Å². The molecule has 4 heteroatoms. The largest absolute Gasteiger partial charge is 0.478 e. The third-order valence-corrected chi connectivity index (χ3v) is 2.69. The van der Waals surface area contributed by atoms with E-state index in [1.165, 1.54) is 0 Å². The minimum absolute atomic E-state index is 0.262. The molecular formula is C16H12O4. The predicted octanol–water partition coefficient (Wildman–Crippen LogP) is 3.09.